The number of aryl methyl sites for hydroxylation is 1. The van der Waals surface area contributed by atoms with Crippen LogP contribution in [0.1, 0.15) is 17.5 Å². The molecule has 0 saturated carbocycles. The van der Waals surface area contributed by atoms with Crippen molar-refractivity contribution in [1.29, 1.82) is 0 Å². The van der Waals surface area contributed by atoms with Crippen LogP contribution in [0.15, 0.2) is 29.2 Å². The monoisotopic (exact) mass is 407 g/mol. The van der Waals surface area contributed by atoms with Gasteiger partial charge in [0.25, 0.3) is 5.91 Å². The van der Waals surface area contributed by atoms with E-state index in [0.29, 0.717) is 4.91 Å². The highest BCUT2D eigenvalue weighted by molar-refractivity contribution is 8.26. The predicted molar refractivity (Wildman–Crippen MR) is 104 cm³/mol. The standard InChI is InChI=1S/C17H17N3O5S2/c1-9-2-4-10(5-3-9)6-12-15(23)20(17(26)27-12)8-14(22)19-11(16(24)25)7-13(18)21/h2-6,11H,7-8H2,1H3,(H2,18,21)(H,19,22)(H,24,25). The number of hydrogen-bond acceptors (Lipinski definition) is 6. The van der Waals surface area contributed by atoms with Gasteiger partial charge in [-0.15, -0.1) is 0 Å². The van der Waals surface area contributed by atoms with Crippen LogP contribution in [0.25, 0.3) is 6.08 Å². The number of nitrogens with two attached hydrogens (primary N) is 1. The summed E-state index contributed by atoms with van der Waals surface area (Å²) in [5.41, 5.74) is 6.87. The summed E-state index contributed by atoms with van der Waals surface area (Å²) in [6.45, 7) is 1.50. The Morgan fingerprint density at radius 3 is 2.52 bits per heavy atom. The lowest BCUT2D eigenvalue weighted by atomic mass is 10.1. The molecule has 0 radical (unpaired) electrons. The van der Waals surface area contributed by atoms with Gasteiger partial charge in [0.15, 0.2) is 0 Å². The first-order valence-corrected chi connectivity index (χ1v) is 9.02. The number of carboxylic acids is 1. The van der Waals surface area contributed by atoms with Gasteiger partial charge in [0.05, 0.1) is 11.3 Å². The van der Waals surface area contributed by atoms with E-state index in [1.807, 2.05) is 31.2 Å². The van der Waals surface area contributed by atoms with Crippen LogP contribution < -0.4 is 11.1 Å². The van der Waals surface area contributed by atoms with E-state index >= 15 is 0 Å². The average molecular weight is 407 g/mol. The Morgan fingerprint density at radius 1 is 1.33 bits per heavy atom. The molecule has 2 rings (SSSR count). The quantitative estimate of drug-likeness (QED) is 0.447. The SMILES string of the molecule is Cc1ccc(C=C2SC(=S)N(CC(=O)NC(CC(N)=O)C(=O)O)C2=O)cc1. The first-order valence-electron chi connectivity index (χ1n) is 7.80. The minimum absolute atomic E-state index is 0.190. The number of benzene rings is 1. The van der Waals surface area contributed by atoms with E-state index in [1.165, 1.54) is 0 Å². The van der Waals surface area contributed by atoms with Gasteiger partial charge < -0.3 is 16.2 Å². The summed E-state index contributed by atoms with van der Waals surface area (Å²) in [6.07, 6.45) is 1.12. The van der Waals surface area contributed by atoms with E-state index in [0.717, 1.165) is 27.8 Å². The van der Waals surface area contributed by atoms with Crippen LogP contribution >= 0.6 is 24.0 Å². The normalized spacial score (nSPS) is 16.5. The van der Waals surface area contributed by atoms with Crippen LogP contribution in [0, 0.1) is 6.92 Å². The van der Waals surface area contributed by atoms with Crippen molar-refractivity contribution in [2.45, 2.75) is 19.4 Å². The molecule has 10 heteroatoms. The van der Waals surface area contributed by atoms with Gasteiger partial charge in [-0.25, -0.2) is 4.79 Å². The van der Waals surface area contributed by atoms with Crippen molar-refractivity contribution in [3.05, 3.63) is 40.3 Å². The largest absolute Gasteiger partial charge is 0.480 e. The number of thioether (sulfide) groups is 1. The molecule has 1 aromatic carbocycles. The van der Waals surface area contributed by atoms with E-state index in [9.17, 15) is 19.2 Å². The molecule has 0 aromatic heterocycles. The minimum atomic E-state index is -1.46. The molecule has 4 N–H and O–H groups in total. The van der Waals surface area contributed by atoms with E-state index in [4.69, 9.17) is 23.1 Å². The number of aliphatic carboxylic acids is 1. The molecule has 1 fully saturated rings. The highest BCUT2D eigenvalue weighted by Crippen LogP contribution is 2.32. The van der Waals surface area contributed by atoms with Crippen molar-refractivity contribution in [2.24, 2.45) is 5.73 Å². The molecular weight excluding hydrogens is 390 g/mol. The summed E-state index contributed by atoms with van der Waals surface area (Å²) in [6, 6.07) is 6.07. The summed E-state index contributed by atoms with van der Waals surface area (Å²) >= 11 is 6.20. The van der Waals surface area contributed by atoms with Crippen LogP contribution in [0.4, 0.5) is 0 Å². The summed E-state index contributed by atoms with van der Waals surface area (Å²) in [5, 5.41) is 11.2. The molecule has 3 amide bonds. The van der Waals surface area contributed by atoms with Crippen molar-refractivity contribution in [3.8, 4) is 0 Å². The third-order valence-corrected chi connectivity index (χ3v) is 4.97. The van der Waals surface area contributed by atoms with Gasteiger partial charge in [-0.2, -0.15) is 0 Å². The molecule has 1 heterocycles. The fourth-order valence-electron chi connectivity index (χ4n) is 2.24. The van der Waals surface area contributed by atoms with Crippen molar-refractivity contribution in [1.82, 2.24) is 10.2 Å². The number of primary amides is 1. The third-order valence-electron chi connectivity index (χ3n) is 3.59. The number of nitrogens with zero attached hydrogens (tertiary/aromatic N) is 1. The lowest BCUT2D eigenvalue weighted by Crippen LogP contribution is -2.47. The molecule has 8 nitrogen and oxygen atoms in total. The molecule has 1 aromatic rings. The molecule has 0 bridgehead atoms. The summed E-state index contributed by atoms with van der Waals surface area (Å²) in [7, 11) is 0. The van der Waals surface area contributed by atoms with E-state index < -0.39 is 42.7 Å². The molecular formula is C17H17N3O5S2. The Bertz CT molecular complexity index is 835. The molecule has 27 heavy (non-hydrogen) atoms. The molecule has 0 spiro atoms. The second-order valence-corrected chi connectivity index (χ2v) is 7.48. The highest BCUT2D eigenvalue weighted by Gasteiger charge is 2.34. The van der Waals surface area contributed by atoms with Crippen LogP contribution in [-0.4, -0.2) is 50.6 Å². The second-order valence-electron chi connectivity index (χ2n) is 5.81. The molecule has 1 unspecified atom stereocenters. The molecule has 0 aliphatic carbocycles. The number of carbonyl (C=O) groups is 4. The fourth-order valence-corrected chi connectivity index (χ4v) is 3.49. The number of nitrogens with one attached hydrogen (secondary N) is 1. The first-order chi connectivity index (χ1) is 12.7. The van der Waals surface area contributed by atoms with Gasteiger partial charge in [-0.3, -0.25) is 19.3 Å². The van der Waals surface area contributed by atoms with Crippen molar-refractivity contribution in [2.75, 3.05) is 6.54 Å². The Labute approximate surface area is 164 Å². The van der Waals surface area contributed by atoms with Gasteiger partial charge in [0.2, 0.25) is 11.8 Å². The molecule has 1 aliphatic rings. The maximum absolute atomic E-state index is 12.5. The Morgan fingerprint density at radius 2 is 1.96 bits per heavy atom. The van der Waals surface area contributed by atoms with Crippen molar-refractivity contribution < 1.29 is 24.3 Å². The number of thiocarbonyl (C=S) groups is 1. The minimum Gasteiger partial charge on any atom is -0.480 e. The smallest absolute Gasteiger partial charge is 0.326 e. The topological polar surface area (TPSA) is 130 Å². The fraction of sp³-hybridized carbons (Fsp3) is 0.235. The molecule has 142 valence electrons. The molecule has 1 aliphatic heterocycles. The van der Waals surface area contributed by atoms with Crippen LogP contribution in [-0.2, 0) is 19.2 Å². The molecule has 1 atom stereocenters. The number of hydrogen-bond donors (Lipinski definition) is 3. The first kappa shape index (κ1) is 20.6. The van der Waals surface area contributed by atoms with Crippen LogP contribution in [0.3, 0.4) is 0 Å². The summed E-state index contributed by atoms with van der Waals surface area (Å²) in [5.74, 6) is -3.46. The molecule has 1 saturated heterocycles. The maximum Gasteiger partial charge on any atom is 0.326 e. The van der Waals surface area contributed by atoms with Gasteiger partial charge in [-0.05, 0) is 18.6 Å². The van der Waals surface area contributed by atoms with E-state index in [-0.39, 0.29) is 4.32 Å². The number of carbonyl (C=O) groups excluding carboxylic acids is 3. The van der Waals surface area contributed by atoms with Crippen LogP contribution in [0.2, 0.25) is 0 Å². The Kier molecular flexibility index (Phi) is 6.70. The number of amides is 3. The van der Waals surface area contributed by atoms with E-state index in [2.05, 4.69) is 5.32 Å². The number of rotatable bonds is 7. The van der Waals surface area contributed by atoms with Gasteiger partial charge in [0.1, 0.15) is 16.9 Å². The third kappa shape index (κ3) is 5.63. The lowest BCUT2D eigenvalue weighted by molar-refractivity contribution is -0.143. The highest BCUT2D eigenvalue weighted by atomic mass is 32.2. The zero-order chi connectivity index (χ0) is 20.1. The lowest BCUT2D eigenvalue weighted by Gasteiger charge is -2.17. The zero-order valence-corrected chi connectivity index (χ0v) is 15.9. The zero-order valence-electron chi connectivity index (χ0n) is 14.3. The van der Waals surface area contributed by atoms with Gasteiger partial charge in [-0.1, -0.05) is 53.8 Å². The van der Waals surface area contributed by atoms with E-state index in [1.54, 1.807) is 6.08 Å². The summed E-state index contributed by atoms with van der Waals surface area (Å²) < 4.78 is 0.190. The predicted octanol–water partition coefficient (Wildman–Crippen LogP) is 0.641. The van der Waals surface area contributed by atoms with Gasteiger partial charge >= 0.3 is 5.97 Å². The maximum atomic E-state index is 12.5. The summed E-state index contributed by atoms with van der Waals surface area (Å²) in [4.78, 5) is 48.0. The van der Waals surface area contributed by atoms with Crippen LogP contribution in [0.5, 0.6) is 0 Å². The Balaban J connectivity index is 2.06. The van der Waals surface area contributed by atoms with Gasteiger partial charge in [0, 0.05) is 0 Å². The Hall–Kier alpha value is -2.72. The average Bonchev–Trinajstić information content (AvgIpc) is 2.83. The second kappa shape index (κ2) is 8.78. The number of carboxylic acid groups (broad SMARTS) is 1. The van der Waals surface area contributed by atoms with Crippen molar-refractivity contribution >= 4 is 58.1 Å². The van der Waals surface area contributed by atoms with Crippen molar-refractivity contribution in [3.63, 3.8) is 0 Å².